The molecule has 0 aromatic rings. The van der Waals surface area contributed by atoms with Gasteiger partial charge in [-0.15, -0.1) is 0 Å². The summed E-state index contributed by atoms with van der Waals surface area (Å²) in [5.41, 5.74) is 2.14. The van der Waals surface area contributed by atoms with E-state index in [0.717, 1.165) is 49.7 Å². The fraction of sp³-hybridized carbons (Fsp3) is 0.884. The minimum Gasteiger partial charge on any atom is -0.459 e. The molecule has 20 atom stereocenters. The van der Waals surface area contributed by atoms with Crippen molar-refractivity contribution < 1.29 is 62.0 Å². The lowest BCUT2D eigenvalue weighted by atomic mass is 9.80. The Balaban J connectivity index is 0.922. The third-order valence-corrected chi connectivity index (χ3v) is 14.8. The molecule has 0 unspecified atom stereocenters. The number of rotatable bonds is 2. The van der Waals surface area contributed by atoms with Gasteiger partial charge in [-0.3, -0.25) is 4.79 Å². The van der Waals surface area contributed by atoms with Crippen LogP contribution in [0.25, 0.3) is 0 Å². The van der Waals surface area contributed by atoms with Gasteiger partial charge in [-0.25, -0.2) is 0 Å². The lowest BCUT2D eigenvalue weighted by Gasteiger charge is -2.47. The number of carbonyl (C=O) groups excluding carboxylic acids is 1. The summed E-state index contributed by atoms with van der Waals surface area (Å²) in [6.07, 6.45) is 2.42. The highest BCUT2D eigenvalue weighted by Gasteiger charge is 2.69. The Morgan fingerprint density at radius 3 is 2.29 bits per heavy atom. The summed E-state index contributed by atoms with van der Waals surface area (Å²) in [5.74, 6) is -2.07. The Morgan fingerprint density at radius 1 is 0.714 bits per heavy atom. The normalized spacial score (nSPS) is 54.0. The lowest BCUT2D eigenvalue weighted by molar-refractivity contribution is -0.293. The molecule has 11 aliphatic rings. The second kappa shape index (κ2) is 14.6. The Labute approximate surface area is 330 Å². The molecule has 312 valence electrons. The van der Waals surface area contributed by atoms with Crippen LogP contribution in [0.2, 0.25) is 0 Å². The van der Waals surface area contributed by atoms with Gasteiger partial charge in [0.05, 0.1) is 80.2 Å². The first kappa shape index (κ1) is 38.7. The standard InChI is InChI=1S/C43H62O13/c1-20-13-24-7-9-28-21(2)14-26(47-28)11-12-43-18-33-38(55-43)39-40(52-33)41(56-43)37-29(51-39)10-8-25(49-37)16-34(44)53-36-23(4)35(45)31(15-27-19-46-42(5,6)54-27)50-32(36)17-30(48-24)22(20)3/h20,23-33,35-41,45H,2-3,7-19H2,1,4-6H3/t20-,23+,24+,25-,26+,27-,28+,29+,30-,31+,32+,33+,35+,36-,37+,38+,39+,40+,41+,43+/m1/s1. The molecule has 0 aromatic heterocycles. The summed E-state index contributed by atoms with van der Waals surface area (Å²) in [6, 6.07) is 0. The molecule has 1 spiro atoms. The molecule has 13 nitrogen and oxygen atoms in total. The van der Waals surface area contributed by atoms with E-state index in [1.54, 1.807) is 0 Å². The zero-order valence-corrected chi connectivity index (χ0v) is 33.4. The molecule has 0 radical (unpaired) electrons. The fourth-order valence-electron chi connectivity index (χ4n) is 11.8. The van der Waals surface area contributed by atoms with E-state index in [9.17, 15) is 9.90 Å². The first-order valence-corrected chi connectivity index (χ1v) is 21.6. The van der Waals surface area contributed by atoms with Crippen molar-refractivity contribution in [3.05, 3.63) is 24.3 Å². The van der Waals surface area contributed by atoms with Crippen molar-refractivity contribution in [3.8, 4) is 0 Å². The van der Waals surface area contributed by atoms with Crippen LogP contribution in [0.3, 0.4) is 0 Å². The minimum absolute atomic E-state index is 0.00105. The van der Waals surface area contributed by atoms with E-state index in [4.69, 9.17) is 52.1 Å². The molecule has 11 fully saturated rings. The fourth-order valence-corrected chi connectivity index (χ4v) is 11.8. The number of fused-ring (bicyclic) bond motifs is 6. The van der Waals surface area contributed by atoms with Gasteiger partial charge in [-0.2, -0.15) is 0 Å². The molecule has 11 saturated heterocycles. The SMILES string of the molecule is C=C1C[C@@H]2CC[C@@]34C[C@@H]5O[C@H]6[C@@H](O[C@H]7CC[C@H](CC(=O)O[C@@H]8[C@@H](C)[C@H](O)[C@H](C[C@@H]9COC(C)(C)O9)O[C@H]8C[C@H]8O[C@@H](CC[C@@H]1O2)C[C@@H](C)C8=C)O[C@@H]7[C@@H]6O3)[C@H]5O4. The van der Waals surface area contributed by atoms with Crippen molar-refractivity contribution in [1.82, 2.24) is 0 Å². The van der Waals surface area contributed by atoms with Gasteiger partial charge < -0.3 is 57.2 Å². The molecule has 0 aliphatic carbocycles. The van der Waals surface area contributed by atoms with Gasteiger partial charge in [0, 0.05) is 31.6 Å². The van der Waals surface area contributed by atoms with Crippen LogP contribution in [0.5, 0.6) is 0 Å². The molecule has 11 heterocycles. The summed E-state index contributed by atoms with van der Waals surface area (Å²) in [5, 5.41) is 11.7. The molecule has 11 aliphatic heterocycles. The zero-order chi connectivity index (χ0) is 38.7. The van der Waals surface area contributed by atoms with Gasteiger partial charge in [0.2, 0.25) is 0 Å². The van der Waals surface area contributed by atoms with E-state index in [0.29, 0.717) is 38.7 Å². The van der Waals surface area contributed by atoms with Gasteiger partial charge >= 0.3 is 5.97 Å². The molecule has 0 amide bonds. The van der Waals surface area contributed by atoms with E-state index in [2.05, 4.69) is 20.1 Å². The largest absolute Gasteiger partial charge is 0.459 e. The monoisotopic (exact) mass is 786 g/mol. The van der Waals surface area contributed by atoms with Crippen molar-refractivity contribution >= 4 is 5.97 Å². The quantitative estimate of drug-likeness (QED) is 0.309. The number of aliphatic hydroxyl groups excluding tert-OH is 1. The maximum Gasteiger partial charge on any atom is 0.308 e. The van der Waals surface area contributed by atoms with Gasteiger partial charge in [0.25, 0.3) is 0 Å². The second-order valence-corrected chi connectivity index (χ2v) is 19.2. The minimum atomic E-state index is -0.886. The first-order chi connectivity index (χ1) is 26.8. The van der Waals surface area contributed by atoms with Gasteiger partial charge in [-0.1, -0.05) is 27.0 Å². The van der Waals surface area contributed by atoms with Crippen LogP contribution in [0.15, 0.2) is 24.3 Å². The molecule has 12 bridgehead atoms. The van der Waals surface area contributed by atoms with Gasteiger partial charge in [-0.05, 0) is 75.9 Å². The molecular weight excluding hydrogens is 724 g/mol. The number of ether oxygens (including phenoxy) is 11. The summed E-state index contributed by atoms with van der Waals surface area (Å²) in [6.45, 7) is 17.3. The van der Waals surface area contributed by atoms with E-state index >= 15 is 0 Å². The highest BCUT2D eigenvalue weighted by molar-refractivity contribution is 5.70. The summed E-state index contributed by atoms with van der Waals surface area (Å²) in [4.78, 5) is 14.0. The van der Waals surface area contributed by atoms with Crippen molar-refractivity contribution in [2.45, 2.75) is 220 Å². The highest BCUT2D eigenvalue weighted by Crippen LogP contribution is 2.54. The van der Waals surface area contributed by atoms with Crippen LogP contribution < -0.4 is 0 Å². The zero-order valence-electron chi connectivity index (χ0n) is 33.4. The lowest BCUT2D eigenvalue weighted by Crippen LogP contribution is -2.61. The Morgan fingerprint density at radius 2 is 1.46 bits per heavy atom. The van der Waals surface area contributed by atoms with E-state index < -0.39 is 54.1 Å². The first-order valence-electron chi connectivity index (χ1n) is 21.6. The van der Waals surface area contributed by atoms with Crippen molar-refractivity contribution in [1.29, 1.82) is 0 Å². The number of carbonyl (C=O) groups is 1. The molecular formula is C43H62O13. The van der Waals surface area contributed by atoms with Gasteiger partial charge in [0.15, 0.2) is 11.6 Å². The highest BCUT2D eigenvalue weighted by atomic mass is 16.8. The van der Waals surface area contributed by atoms with Crippen LogP contribution in [0.1, 0.15) is 105 Å². The van der Waals surface area contributed by atoms with E-state index in [-0.39, 0.29) is 85.5 Å². The van der Waals surface area contributed by atoms with Crippen LogP contribution in [0, 0.1) is 11.8 Å². The summed E-state index contributed by atoms with van der Waals surface area (Å²) < 4.78 is 72.4. The van der Waals surface area contributed by atoms with Crippen molar-refractivity contribution in [3.63, 3.8) is 0 Å². The molecule has 1 N–H and O–H groups in total. The second-order valence-electron chi connectivity index (χ2n) is 19.2. The van der Waals surface area contributed by atoms with Crippen LogP contribution in [-0.2, 0) is 56.9 Å². The third-order valence-electron chi connectivity index (χ3n) is 14.8. The third kappa shape index (κ3) is 7.06. The Hall–Kier alpha value is -1.49. The van der Waals surface area contributed by atoms with E-state index in [1.807, 2.05) is 20.8 Å². The molecule has 11 rings (SSSR count). The van der Waals surface area contributed by atoms with Crippen LogP contribution >= 0.6 is 0 Å². The van der Waals surface area contributed by atoms with Crippen molar-refractivity contribution in [2.24, 2.45) is 11.8 Å². The van der Waals surface area contributed by atoms with E-state index in [1.165, 1.54) is 0 Å². The summed E-state index contributed by atoms with van der Waals surface area (Å²) in [7, 11) is 0. The molecule has 0 aromatic carbocycles. The number of aliphatic hydroxyl groups is 1. The van der Waals surface area contributed by atoms with Crippen LogP contribution in [-0.4, -0.2) is 133 Å². The Kier molecular flexibility index (Phi) is 10.1. The molecule has 13 heteroatoms. The number of hydrogen-bond acceptors (Lipinski definition) is 13. The molecule has 0 saturated carbocycles. The van der Waals surface area contributed by atoms with Gasteiger partial charge in [0.1, 0.15) is 36.6 Å². The van der Waals surface area contributed by atoms with Crippen molar-refractivity contribution in [2.75, 3.05) is 6.61 Å². The number of hydrogen-bond donors (Lipinski definition) is 1. The average Bonchev–Trinajstić information content (AvgIpc) is 3.84. The maximum absolute atomic E-state index is 14.0. The maximum atomic E-state index is 14.0. The summed E-state index contributed by atoms with van der Waals surface area (Å²) >= 11 is 0. The predicted octanol–water partition coefficient (Wildman–Crippen LogP) is 4.59. The smallest absolute Gasteiger partial charge is 0.308 e. The average molecular weight is 787 g/mol. The topological polar surface area (TPSA) is 139 Å². The van der Waals surface area contributed by atoms with Crippen LogP contribution in [0.4, 0.5) is 0 Å². The molecule has 56 heavy (non-hydrogen) atoms. The Bertz CT molecular complexity index is 1540. The number of esters is 1. The predicted molar refractivity (Wildman–Crippen MR) is 197 cm³/mol.